The summed E-state index contributed by atoms with van der Waals surface area (Å²) in [5.74, 6) is -1.79. The first kappa shape index (κ1) is 13.3. The Bertz CT molecular complexity index is 722. The summed E-state index contributed by atoms with van der Waals surface area (Å²) >= 11 is 0. The summed E-state index contributed by atoms with van der Waals surface area (Å²) in [4.78, 5) is 22.8. The summed E-state index contributed by atoms with van der Waals surface area (Å²) in [6.07, 6.45) is 2.05. The third-order valence-electron chi connectivity index (χ3n) is 3.20. The number of carbonyl (C=O) groups excluding carboxylic acids is 1. The van der Waals surface area contributed by atoms with Gasteiger partial charge >= 0.3 is 5.97 Å². The highest BCUT2D eigenvalue weighted by Crippen LogP contribution is 2.40. The second-order valence-electron chi connectivity index (χ2n) is 4.84. The van der Waals surface area contributed by atoms with Gasteiger partial charge in [0.25, 0.3) is 5.91 Å². The van der Waals surface area contributed by atoms with Gasteiger partial charge in [0.05, 0.1) is 5.56 Å². The van der Waals surface area contributed by atoms with Crippen molar-refractivity contribution in [3.05, 3.63) is 47.1 Å². The predicted octanol–water partition coefficient (Wildman–Crippen LogP) is 2.64. The molecule has 1 fully saturated rings. The van der Waals surface area contributed by atoms with E-state index in [1.807, 2.05) is 0 Å². The number of carboxylic acids is 1. The molecule has 1 aliphatic rings. The number of amides is 1. The van der Waals surface area contributed by atoms with E-state index in [0.29, 0.717) is 11.7 Å². The van der Waals surface area contributed by atoms with E-state index >= 15 is 0 Å². The summed E-state index contributed by atoms with van der Waals surface area (Å²) < 4.78 is 18.3. The van der Waals surface area contributed by atoms with Crippen LogP contribution in [0, 0.1) is 5.82 Å². The first-order valence-electron chi connectivity index (χ1n) is 6.35. The number of rotatable bonds is 4. The number of hydrogen-bond donors (Lipinski definition) is 2. The molecule has 6 nitrogen and oxygen atoms in total. The molecule has 1 amide bonds. The fourth-order valence-corrected chi connectivity index (χ4v) is 1.92. The molecule has 0 radical (unpaired) electrons. The summed E-state index contributed by atoms with van der Waals surface area (Å²) in [5, 5.41) is 15.0. The highest BCUT2D eigenvalue weighted by molar-refractivity contribution is 6.03. The molecule has 3 rings (SSSR count). The van der Waals surface area contributed by atoms with Crippen molar-refractivity contribution in [3.8, 4) is 0 Å². The Hall–Kier alpha value is -2.70. The van der Waals surface area contributed by atoms with Crippen LogP contribution < -0.4 is 5.32 Å². The van der Waals surface area contributed by atoms with Crippen LogP contribution in [0.15, 0.2) is 28.8 Å². The molecule has 0 saturated heterocycles. The summed E-state index contributed by atoms with van der Waals surface area (Å²) in [7, 11) is 0. The molecule has 1 heterocycles. The Kier molecular flexibility index (Phi) is 3.17. The molecule has 2 N–H and O–H groups in total. The van der Waals surface area contributed by atoms with Gasteiger partial charge in [-0.1, -0.05) is 5.16 Å². The van der Waals surface area contributed by atoms with E-state index in [1.54, 1.807) is 6.07 Å². The molecule has 0 atom stereocenters. The summed E-state index contributed by atoms with van der Waals surface area (Å²) in [6.45, 7) is 0. The van der Waals surface area contributed by atoms with Crippen LogP contribution in [0.5, 0.6) is 0 Å². The number of aromatic carboxylic acids is 1. The molecule has 1 aliphatic carbocycles. The van der Waals surface area contributed by atoms with Gasteiger partial charge in [0.1, 0.15) is 11.6 Å². The van der Waals surface area contributed by atoms with E-state index in [2.05, 4.69) is 10.5 Å². The lowest BCUT2D eigenvalue weighted by atomic mass is 10.2. The molecule has 0 unspecified atom stereocenters. The first-order chi connectivity index (χ1) is 10.0. The number of halogens is 1. The molecule has 7 heteroatoms. The van der Waals surface area contributed by atoms with Gasteiger partial charge in [-0.2, -0.15) is 0 Å². The smallest absolute Gasteiger partial charge is 0.338 e. The number of nitrogens with one attached hydrogen (secondary N) is 1. The zero-order chi connectivity index (χ0) is 15.0. The zero-order valence-corrected chi connectivity index (χ0v) is 10.8. The monoisotopic (exact) mass is 290 g/mol. The van der Waals surface area contributed by atoms with Crippen LogP contribution in [0.3, 0.4) is 0 Å². The van der Waals surface area contributed by atoms with Gasteiger partial charge in [0, 0.05) is 17.7 Å². The quantitative estimate of drug-likeness (QED) is 0.903. The third kappa shape index (κ3) is 2.76. The van der Waals surface area contributed by atoms with Crippen LogP contribution in [0.25, 0.3) is 0 Å². The Morgan fingerprint density at radius 2 is 2.10 bits per heavy atom. The second kappa shape index (κ2) is 5.01. The highest BCUT2D eigenvalue weighted by Gasteiger charge is 2.29. The number of hydrogen-bond acceptors (Lipinski definition) is 4. The average molecular weight is 290 g/mol. The van der Waals surface area contributed by atoms with Crippen LogP contribution >= 0.6 is 0 Å². The number of carboxylic acid groups (broad SMARTS) is 1. The molecule has 1 aromatic carbocycles. The van der Waals surface area contributed by atoms with Crippen molar-refractivity contribution in [3.63, 3.8) is 0 Å². The van der Waals surface area contributed by atoms with Gasteiger partial charge in [-0.05, 0) is 31.0 Å². The minimum absolute atomic E-state index is 0.109. The van der Waals surface area contributed by atoms with Crippen molar-refractivity contribution in [1.29, 1.82) is 0 Å². The topological polar surface area (TPSA) is 92.4 Å². The van der Waals surface area contributed by atoms with E-state index in [-0.39, 0.29) is 11.4 Å². The molecule has 0 spiro atoms. The van der Waals surface area contributed by atoms with Gasteiger partial charge in [0.2, 0.25) is 0 Å². The number of benzene rings is 1. The maximum absolute atomic E-state index is 13.3. The molecule has 0 aliphatic heterocycles. The molecule has 1 aromatic heterocycles. The summed E-state index contributed by atoms with van der Waals surface area (Å²) in [5.41, 5.74) is -0.223. The van der Waals surface area contributed by atoms with Crippen LogP contribution in [0.1, 0.15) is 45.4 Å². The predicted molar refractivity (Wildman–Crippen MR) is 69.8 cm³/mol. The highest BCUT2D eigenvalue weighted by atomic mass is 19.1. The molecular weight excluding hydrogens is 279 g/mol. The van der Waals surface area contributed by atoms with Crippen LogP contribution in [-0.2, 0) is 0 Å². The van der Waals surface area contributed by atoms with Crippen molar-refractivity contribution in [2.24, 2.45) is 0 Å². The molecule has 21 heavy (non-hydrogen) atoms. The van der Waals surface area contributed by atoms with E-state index in [0.717, 1.165) is 25.0 Å². The maximum Gasteiger partial charge on any atom is 0.338 e. The second-order valence-corrected chi connectivity index (χ2v) is 4.84. The molecule has 0 bridgehead atoms. The van der Waals surface area contributed by atoms with Crippen molar-refractivity contribution < 1.29 is 23.6 Å². The van der Waals surface area contributed by atoms with Crippen LogP contribution in [-0.4, -0.2) is 22.1 Å². The lowest BCUT2D eigenvalue weighted by Crippen LogP contribution is -2.13. The zero-order valence-electron chi connectivity index (χ0n) is 10.8. The van der Waals surface area contributed by atoms with Gasteiger partial charge in [-0.25, -0.2) is 9.18 Å². The average Bonchev–Trinajstić information content (AvgIpc) is 3.18. The van der Waals surface area contributed by atoms with E-state index in [1.165, 1.54) is 6.07 Å². The fourth-order valence-electron chi connectivity index (χ4n) is 1.92. The maximum atomic E-state index is 13.3. The summed E-state index contributed by atoms with van der Waals surface area (Å²) in [6, 6.07) is 4.88. The minimum atomic E-state index is -1.40. The molecule has 108 valence electrons. The Morgan fingerprint density at radius 3 is 2.76 bits per heavy atom. The van der Waals surface area contributed by atoms with Crippen molar-refractivity contribution >= 4 is 17.6 Å². The van der Waals surface area contributed by atoms with Crippen molar-refractivity contribution in [2.75, 3.05) is 5.32 Å². The van der Waals surface area contributed by atoms with E-state index in [4.69, 9.17) is 9.63 Å². The van der Waals surface area contributed by atoms with Crippen LogP contribution in [0.2, 0.25) is 0 Å². The van der Waals surface area contributed by atoms with Gasteiger partial charge in [0.15, 0.2) is 5.69 Å². The number of carbonyl (C=O) groups is 2. The Labute approximate surface area is 118 Å². The molecular formula is C14H11FN2O4. The Balaban J connectivity index is 1.77. The normalized spacial score (nSPS) is 14.0. The Morgan fingerprint density at radius 1 is 1.33 bits per heavy atom. The lowest BCUT2D eigenvalue weighted by Gasteiger charge is -2.04. The molecule has 2 aromatic rings. The van der Waals surface area contributed by atoms with E-state index in [9.17, 15) is 14.0 Å². The SMILES string of the molecule is O=C(Nc1ccc(F)c(C(=O)O)c1)c1cc(C2CC2)on1. The van der Waals surface area contributed by atoms with Gasteiger partial charge < -0.3 is 14.9 Å². The number of anilines is 1. The molecule has 1 saturated carbocycles. The van der Waals surface area contributed by atoms with E-state index < -0.39 is 23.3 Å². The van der Waals surface area contributed by atoms with Gasteiger partial charge in [-0.3, -0.25) is 4.79 Å². The van der Waals surface area contributed by atoms with Gasteiger partial charge in [-0.15, -0.1) is 0 Å². The van der Waals surface area contributed by atoms with Crippen LogP contribution in [0.4, 0.5) is 10.1 Å². The van der Waals surface area contributed by atoms with Crippen molar-refractivity contribution in [1.82, 2.24) is 5.16 Å². The standard InChI is InChI=1S/C14H11FN2O4/c15-10-4-3-8(5-9(10)14(19)20)16-13(18)11-6-12(21-17-11)7-1-2-7/h3-7H,1-2H2,(H,16,18)(H,19,20). The van der Waals surface area contributed by atoms with Crippen molar-refractivity contribution in [2.45, 2.75) is 18.8 Å². The largest absolute Gasteiger partial charge is 0.478 e. The minimum Gasteiger partial charge on any atom is -0.478 e. The third-order valence-corrected chi connectivity index (χ3v) is 3.20. The number of nitrogens with zero attached hydrogens (tertiary/aromatic N) is 1. The first-order valence-corrected chi connectivity index (χ1v) is 6.35. The lowest BCUT2D eigenvalue weighted by molar-refractivity contribution is 0.0691. The number of aromatic nitrogens is 1. The fraction of sp³-hybridized carbons (Fsp3) is 0.214.